The first-order chi connectivity index (χ1) is 14.3. The summed E-state index contributed by atoms with van der Waals surface area (Å²) in [4.78, 5) is 10.5. The molecule has 0 spiro atoms. The Morgan fingerprint density at radius 1 is 0.586 bits per heavy atom. The summed E-state index contributed by atoms with van der Waals surface area (Å²) < 4.78 is 5.35. The molecule has 144 valence electrons. The Kier molecular flexibility index (Phi) is 5.93. The minimum absolute atomic E-state index is 0.651. The van der Waals surface area contributed by atoms with Gasteiger partial charge in [-0.1, -0.05) is 24.3 Å². The van der Waals surface area contributed by atoms with E-state index in [4.69, 9.17) is 4.74 Å². The maximum Gasteiger partial charge on any atom is 0.0642 e. The summed E-state index contributed by atoms with van der Waals surface area (Å²) in [5.74, 6) is 0. The summed E-state index contributed by atoms with van der Waals surface area (Å²) in [6.45, 7) is 1.43. The molecule has 2 heterocycles. The van der Waals surface area contributed by atoms with E-state index in [2.05, 4.69) is 63.4 Å². The molecule has 0 bridgehead atoms. The van der Waals surface area contributed by atoms with Crippen LogP contribution in [0, 0.1) is 0 Å². The molecule has 0 aliphatic heterocycles. The van der Waals surface area contributed by atoms with Gasteiger partial charge < -0.3 is 9.64 Å². The highest BCUT2D eigenvalue weighted by molar-refractivity contribution is 5.72. The molecule has 4 rings (SSSR count). The van der Waals surface area contributed by atoms with E-state index >= 15 is 0 Å². The largest absolute Gasteiger partial charge is 0.383 e. The molecular formula is C25H23N3O. The first kappa shape index (κ1) is 18.8. The van der Waals surface area contributed by atoms with Gasteiger partial charge in [-0.15, -0.1) is 0 Å². The van der Waals surface area contributed by atoms with Gasteiger partial charge in [-0.05, 0) is 70.8 Å². The Bertz CT molecular complexity index is 934. The molecule has 29 heavy (non-hydrogen) atoms. The standard InChI is InChI=1S/C25H23N3O/c1-29-19-18-28(24-6-2-20(3-7-24)22-10-14-26-15-11-22)25-8-4-21(5-9-25)23-12-16-27-17-13-23/h2-17H,18-19H2,1H3. The third-order valence-electron chi connectivity index (χ3n) is 4.90. The molecule has 2 aromatic heterocycles. The van der Waals surface area contributed by atoms with Crippen molar-refractivity contribution in [1.82, 2.24) is 9.97 Å². The van der Waals surface area contributed by atoms with Crippen molar-refractivity contribution in [2.45, 2.75) is 0 Å². The molecule has 0 aliphatic rings. The Morgan fingerprint density at radius 2 is 0.966 bits per heavy atom. The van der Waals surface area contributed by atoms with E-state index < -0.39 is 0 Å². The van der Waals surface area contributed by atoms with Gasteiger partial charge in [0.2, 0.25) is 0 Å². The van der Waals surface area contributed by atoms with Crippen molar-refractivity contribution in [2.24, 2.45) is 0 Å². The van der Waals surface area contributed by atoms with Crippen molar-refractivity contribution in [3.63, 3.8) is 0 Å². The van der Waals surface area contributed by atoms with E-state index in [1.807, 2.05) is 49.1 Å². The van der Waals surface area contributed by atoms with Crippen LogP contribution in [-0.4, -0.2) is 30.2 Å². The molecule has 0 unspecified atom stereocenters. The van der Waals surface area contributed by atoms with Crippen LogP contribution in [0.25, 0.3) is 22.3 Å². The molecule has 0 amide bonds. The van der Waals surface area contributed by atoms with Crippen molar-refractivity contribution < 1.29 is 4.74 Å². The summed E-state index contributed by atoms with van der Waals surface area (Å²) in [5, 5.41) is 0. The van der Waals surface area contributed by atoms with Crippen molar-refractivity contribution in [1.29, 1.82) is 0 Å². The lowest BCUT2D eigenvalue weighted by molar-refractivity contribution is 0.207. The molecule has 0 fully saturated rings. The molecular weight excluding hydrogens is 358 g/mol. The average Bonchev–Trinajstić information content (AvgIpc) is 2.81. The monoisotopic (exact) mass is 381 g/mol. The van der Waals surface area contributed by atoms with Gasteiger partial charge >= 0.3 is 0 Å². The molecule has 4 aromatic rings. The summed E-state index contributed by atoms with van der Waals surface area (Å²) in [6, 6.07) is 25.3. The minimum atomic E-state index is 0.651. The summed E-state index contributed by atoms with van der Waals surface area (Å²) in [7, 11) is 1.73. The number of methoxy groups -OCH3 is 1. The summed E-state index contributed by atoms with van der Waals surface area (Å²) in [6.07, 6.45) is 7.27. The lowest BCUT2D eigenvalue weighted by Crippen LogP contribution is -2.21. The number of pyridine rings is 2. The maximum absolute atomic E-state index is 5.35. The van der Waals surface area contributed by atoms with Crippen LogP contribution in [-0.2, 0) is 4.74 Å². The molecule has 4 nitrogen and oxygen atoms in total. The average molecular weight is 381 g/mol. The zero-order valence-corrected chi connectivity index (χ0v) is 16.4. The van der Waals surface area contributed by atoms with Gasteiger partial charge in [-0.25, -0.2) is 0 Å². The highest BCUT2D eigenvalue weighted by atomic mass is 16.5. The van der Waals surface area contributed by atoms with Gasteiger partial charge in [0.1, 0.15) is 0 Å². The molecule has 0 saturated carbocycles. The number of rotatable bonds is 7. The van der Waals surface area contributed by atoms with Crippen LogP contribution in [0.15, 0.2) is 97.6 Å². The maximum atomic E-state index is 5.35. The van der Waals surface area contributed by atoms with Crippen LogP contribution in [0.1, 0.15) is 0 Å². The zero-order valence-electron chi connectivity index (χ0n) is 16.4. The molecule has 0 saturated heterocycles. The molecule has 0 radical (unpaired) electrons. The molecule has 4 heteroatoms. The van der Waals surface area contributed by atoms with E-state index in [1.165, 1.54) is 11.1 Å². The third kappa shape index (κ3) is 4.50. The van der Waals surface area contributed by atoms with E-state index in [0.29, 0.717) is 6.61 Å². The number of aromatic nitrogens is 2. The fourth-order valence-corrected chi connectivity index (χ4v) is 3.35. The minimum Gasteiger partial charge on any atom is -0.383 e. The third-order valence-corrected chi connectivity index (χ3v) is 4.90. The number of hydrogen-bond acceptors (Lipinski definition) is 4. The van der Waals surface area contributed by atoms with Crippen molar-refractivity contribution in [2.75, 3.05) is 25.2 Å². The van der Waals surface area contributed by atoms with Crippen molar-refractivity contribution >= 4 is 11.4 Å². The van der Waals surface area contributed by atoms with Crippen LogP contribution in [0.4, 0.5) is 11.4 Å². The molecule has 0 aliphatic carbocycles. The Balaban J connectivity index is 1.60. The predicted molar refractivity (Wildman–Crippen MR) is 118 cm³/mol. The predicted octanol–water partition coefficient (Wildman–Crippen LogP) is 5.60. The summed E-state index contributed by atoms with van der Waals surface area (Å²) in [5.41, 5.74) is 6.95. The van der Waals surface area contributed by atoms with Crippen LogP contribution in [0.3, 0.4) is 0 Å². The molecule has 0 N–H and O–H groups in total. The highest BCUT2D eigenvalue weighted by Crippen LogP contribution is 2.30. The lowest BCUT2D eigenvalue weighted by Gasteiger charge is -2.25. The molecule has 0 atom stereocenters. The van der Waals surface area contributed by atoms with E-state index in [0.717, 1.165) is 29.0 Å². The second kappa shape index (κ2) is 9.13. The van der Waals surface area contributed by atoms with Gasteiger partial charge in [0, 0.05) is 49.8 Å². The van der Waals surface area contributed by atoms with Crippen LogP contribution < -0.4 is 4.90 Å². The number of anilines is 2. The molecule has 2 aromatic carbocycles. The lowest BCUT2D eigenvalue weighted by atomic mass is 10.1. The smallest absolute Gasteiger partial charge is 0.0642 e. The highest BCUT2D eigenvalue weighted by Gasteiger charge is 2.10. The number of hydrogen-bond donors (Lipinski definition) is 0. The van der Waals surface area contributed by atoms with Crippen LogP contribution in [0.2, 0.25) is 0 Å². The topological polar surface area (TPSA) is 38.2 Å². The number of ether oxygens (including phenoxy) is 1. The first-order valence-corrected chi connectivity index (χ1v) is 9.62. The van der Waals surface area contributed by atoms with Gasteiger partial charge in [0.05, 0.1) is 6.61 Å². The van der Waals surface area contributed by atoms with Crippen LogP contribution in [0.5, 0.6) is 0 Å². The van der Waals surface area contributed by atoms with Gasteiger partial charge in [0.25, 0.3) is 0 Å². The SMILES string of the molecule is COCCN(c1ccc(-c2ccncc2)cc1)c1ccc(-c2ccncc2)cc1. The van der Waals surface area contributed by atoms with Crippen LogP contribution >= 0.6 is 0 Å². The zero-order chi connectivity index (χ0) is 19.9. The fraction of sp³-hybridized carbons (Fsp3) is 0.120. The van der Waals surface area contributed by atoms with Crippen molar-refractivity contribution in [3.8, 4) is 22.3 Å². The number of nitrogens with zero attached hydrogens (tertiary/aromatic N) is 3. The fourth-order valence-electron chi connectivity index (χ4n) is 3.35. The van der Waals surface area contributed by atoms with E-state index in [9.17, 15) is 0 Å². The van der Waals surface area contributed by atoms with Gasteiger partial charge in [0.15, 0.2) is 0 Å². The Morgan fingerprint density at radius 3 is 1.34 bits per heavy atom. The normalized spacial score (nSPS) is 10.7. The van der Waals surface area contributed by atoms with Crippen molar-refractivity contribution in [3.05, 3.63) is 97.6 Å². The second-order valence-corrected chi connectivity index (χ2v) is 6.71. The van der Waals surface area contributed by atoms with E-state index in [-0.39, 0.29) is 0 Å². The first-order valence-electron chi connectivity index (χ1n) is 9.62. The van der Waals surface area contributed by atoms with E-state index in [1.54, 1.807) is 7.11 Å². The van der Waals surface area contributed by atoms with Gasteiger partial charge in [-0.3, -0.25) is 9.97 Å². The van der Waals surface area contributed by atoms with Gasteiger partial charge in [-0.2, -0.15) is 0 Å². The quantitative estimate of drug-likeness (QED) is 0.418. The Labute approximate surface area is 171 Å². The summed E-state index contributed by atoms with van der Waals surface area (Å²) >= 11 is 0. The second-order valence-electron chi connectivity index (χ2n) is 6.71. The Hall–Kier alpha value is -3.50. The number of benzene rings is 2.